The van der Waals surface area contributed by atoms with E-state index in [2.05, 4.69) is 51.8 Å². The third kappa shape index (κ3) is 3.67. The number of nitrogens with zero attached hydrogens (tertiary/aromatic N) is 4. The highest BCUT2D eigenvalue weighted by molar-refractivity contribution is 5.73. The Morgan fingerprint density at radius 1 is 1.25 bits per heavy atom. The molecule has 3 rings (SSSR count). The van der Waals surface area contributed by atoms with E-state index in [0.29, 0.717) is 0 Å². The second-order valence-electron chi connectivity index (χ2n) is 6.40. The van der Waals surface area contributed by atoms with Gasteiger partial charge in [0.2, 0.25) is 5.91 Å². The van der Waals surface area contributed by atoms with E-state index in [-0.39, 0.29) is 11.9 Å². The summed E-state index contributed by atoms with van der Waals surface area (Å²) in [5.41, 5.74) is 1.26. The van der Waals surface area contributed by atoms with Crippen LogP contribution >= 0.6 is 0 Å². The molecule has 5 nitrogen and oxygen atoms in total. The van der Waals surface area contributed by atoms with Crippen molar-refractivity contribution in [3.05, 3.63) is 54.1 Å². The fourth-order valence-corrected chi connectivity index (χ4v) is 3.41. The van der Waals surface area contributed by atoms with Crippen molar-refractivity contribution < 1.29 is 4.79 Å². The number of aromatic nitrogens is 2. The second-order valence-corrected chi connectivity index (χ2v) is 6.40. The van der Waals surface area contributed by atoms with Crippen LogP contribution < -0.4 is 0 Å². The SMILES string of the molecule is CCCn1ccnc1CN1CCN(C(C)=O)CC1c1ccccc1. The summed E-state index contributed by atoms with van der Waals surface area (Å²) in [5, 5.41) is 0. The van der Waals surface area contributed by atoms with Gasteiger partial charge in [-0.3, -0.25) is 9.69 Å². The number of aryl methyl sites for hydroxylation is 1. The summed E-state index contributed by atoms with van der Waals surface area (Å²) in [6, 6.07) is 10.7. The van der Waals surface area contributed by atoms with E-state index < -0.39 is 0 Å². The average Bonchev–Trinajstić information content (AvgIpc) is 3.03. The molecule has 1 fully saturated rings. The number of carbonyl (C=O) groups excluding carboxylic acids is 1. The van der Waals surface area contributed by atoms with Crippen LogP contribution in [0.3, 0.4) is 0 Å². The zero-order valence-corrected chi connectivity index (χ0v) is 14.6. The minimum Gasteiger partial charge on any atom is -0.340 e. The lowest BCUT2D eigenvalue weighted by atomic mass is 10.0. The van der Waals surface area contributed by atoms with Crippen molar-refractivity contribution in [2.75, 3.05) is 19.6 Å². The number of hydrogen-bond acceptors (Lipinski definition) is 3. The molecular formula is C19H26N4O. The predicted molar refractivity (Wildman–Crippen MR) is 94.4 cm³/mol. The topological polar surface area (TPSA) is 41.4 Å². The van der Waals surface area contributed by atoms with Gasteiger partial charge in [-0.05, 0) is 12.0 Å². The molecule has 0 spiro atoms. The molecule has 1 atom stereocenters. The number of piperazine rings is 1. The van der Waals surface area contributed by atoms with Crippen LogP contribution in [-0.2, 0) is 17.9 Å². The molecule has 0 saturated carbocycles. The zero-order chi connectivity index (χ0) is 16.9. The Morgan fingerprint density at radius 3 is 2.75 bits per heavy atom. The quantitative estimate of drug-likeness (QED) is 0.848. The minimum atomic E-state index is 0.156. The van der Waals surface area contributed by atoms with E-state index >= 15 is 0 Å². The molecule has 0 N–H and O–H groups in total. The molecule has 1 aliphatic rings. The van der Waals surface area contributed by atoms with Gasteiger partial charge < -0.3 is 9.47 Å². The Morgan fingerprint density at radius 2 is 2.04 bits per heavy atom. The van der Waals surface area contributed by atoms with Crippen LogP contribution in [0.25, 0.3) is 0 Å². The molecule has 0 aliphatic carbocycles. The average molecular weight is 326 g/mol. The van der Waals surface area contributed by atoms with Gasteiger partial charge in [-0.1, -0.05) is 37.3 Å². The molecule has 5 heteroatoms. The van der Waals surface area contributed by atoms with Crippen LogP contribution in [0, 0.1) is 0 Å². The largest absolute Gasteiger partial charge is 0.340 e. The van der Waals surface area contributed by atoms with E-state index in [1.807, 2.05) is 17.2 Å². The smallest absolute Gasteiger partial charge is 0.219 e. The van der Waals surface area contributed by atoms with Crippen molar-refractivity contribution in [3.63, 3.8) is 0 Å². The van der Waals surface area contributed by atoms with Gasteiger partial charge in [0.15, 0.2) is 0 Å². The van der Waals surface area contributed by atoms with Crippen LogP contribution in [0.15, 0.2) is 42.7 Å². The van der Waals surface area contributed by atoms with Crippen LogP contribution in [-0.4, -0.2) is 44.9 Å². The highest BCUT2D eigenvalue weighted by atomic mass is 16.2. The second kappa shape index (κ2) is 7.62. The Bertz CT molecular complexity index is 667. The molecule has 0 radical (unpaired) electrons. The highest BCUT2D eigenvalue weighted by Gasteiger charge is 2.30. The van der Waals surface area contributed by atoms with Crippen molar-refractivity contribution in [2.45, 2.75) is 39.4 Å². The van der Waals surface area contributed by atoms with Crippen molar-refractivity contribution in [1.82, 2.24) is 19.4 Å². The molecule has 1 aliphatic heterocycles. The van der Waals surface area contributed by atoms with Gasteiger partial charge in [0.25, 0.3) is 0 Å². The Hall–Kier alpha value is -2.14. The predicted octanol–water partition coefficient (Wildman–Crippen LogP) is 2.70. The van der Waals surface area contributed by atoms with E-state index in [4.69, 9.17) is 0 Å². The number of imidazole rings is 1. The van der Waals surface area contributed by atoms with Crippen molar-refractivity contribution in [3.8, 4) is 0 Å². The number of carbonyl (C=O) groups is 1. The van der Waals surface area contributed by atoms with E-state index in [1.54, 1.807) is 6.92 Å². The standard InChI is InChI=1S/C19H26N4O/c1-3-10-21-11-9-20-19(21)15-23-13-12-22(16(2)24)14-18(23)17-7-5-4-6-8-17/h4-9,11,18H,3,10,12-15H2,1-2H3. The van der Waals surface area contributed by atoms with Gasteiger partial charge in [0, 0.05) is 45.5 Å². The Balaban J connectivity index is 1.82. The van der Waals surface area contributed by atoms with Crippen LogP contribution in [0.1, 0.15) is 37.7 Å². The summed E-state index contributed by atoms with van der Waals surface area (Å²) in [4.78, 5) is 20.8. The van der Waals surface area contributed by atoms with Gasteiger partial charge >= 0.3 is 0 Å². The number of hydrogen-bond donors (Lipinski definition) is 0. The summed E-state index contributed by atoms with van der Waals surface area (Å²) in [5.74, 6) is 1.26. The fraction of sp³-hybridized carbons (Fsp3) is 0.474. The first-order chi connectivity index (χ1) is 11.7. The zero-order valence-electron chi connectivity index (χ0n) is 14.6. The van der Waals surface area contributed by atoms with Gasteiger partial charge in [0.05, 0.1) is 12.6 Å². The van der Waals surface area contributed by atoms with Gasteiger partial charge in [-0.15, -0.1) is 0 Å². The number of rotatable bonds is 5. The van der Waals surface area contributed by atoms with E-state index in [1.165, 1.54) is 5.56 Å². The summed E-state index contributed by atoms with van der Waals surface area (Å²) in [6.45, 7) is 8.06. The summed E-state index contributed by atoms with van der Waals surface area (Å²) in [6.07, 6.45) is 5.04. The molecule has 0 bridgehead atoms. The Kier molecular flexibility index (Phi) is 5.30. The van der Waals surface area contributed by atoms with E-state index in [9.17, 15) is 4.79 Å². The molecule has 1 aromatic heterocycles. The number of benzene rings is 1. The van der Waals surface area contributed by atoms with Crippen molar-refractivity contribution >= 4 is 5.91 Å². The summed E-state index contributed by atoms with van der Waals surface area (Å²) in [7, 11) is 0. The first-order valence-electron chi connectivity index (χ1n) is 8.73. The lowest BCUT2D eigenvalue weighted by molar-refractivity contribution is -0.132. The lowest BCUT2D eigenvalue weighted by Crippen LogP contribution is -2.49. The maximum absolute atomic E-state index is 11.8. The molecule has 2 heterocycles. The van der Waals surface area contributed by atoms with Crippen molar-refractivity contribution in [1.29, 1.82) is 0 Å². The lowest BCUT2D eigenvalue weighted by Gasteiger charge is -2.41. The highest BCUT2D eigenvalue weighted by Crippen LogP contribution is 2.27. The minimum absolute atomic E-state index is 0.156. The van der Waals surface area contributed by atoms with Crippen LogP contribution in [0.4, 0.5) is 0 Å². The molecular weight excluding hydrogens is 300 g/mol. The third-order valence-electron chi connectivity index (χ3n) is 4.73. The molecule has 24 heavy (non-hydrogen) atoms. The van der Waals surface area contributed by atoms with Crippen LogP contribution in [0.5, 0.6) is 0 Å². The summed E-state index contributed by atoms with van der Waals surface area (Å²) >= 11 is 0. The normalized spacial score (nSPS) is 18.8. The maximum atomic E-state index is 11.8. The maximum Gasteiger partial charge on any atom is 0.219 e. The van der Waals surface area contributed by atoms with Gasteiger partial charge in [-0.25, -0.2) is 4.98 Å². The monoisotopic (exact) mass is 326 g/mol. The molecule has 128 valence electrons. The number of amides is 1. The molecule has 1 saturated heterocycles. The molecule has 1 amide bonds. The van der Waals surface area contributed by atoms with E-state index in [0.717, 1.165) is 45.0 Å². The molecule has 1 unspecified atom stereocenters. The first-order valence-corrected chi connectivity index (χ1v) is 8.73. The molecule has 2 aromatic rings. The third-order valence-corrected chi connectivity index (χ3v) is 4.73. The van der Waals surface area contributed by atoms with Crippen LogP contribution in [0.2, 0.25) is 0 Å². The first kappa shape index (κ1) is 16.7. The van der Waals surface area contributed by atoms with Gasteiger partial charge in [0.1, 0.15) is 5.82 Å². The van der Waals surface area contributed by atoms with Crippen molar-refractivity contribution in [2.24, 2.45) is 0 Å². The molecule has 1 aromatic carbocycles. The van der Waals surface area contributed by atoms with Gasteiger partial charge in [-0.2, -0.15) is 0 Å². The summed E-state index contributed by atoms with van der Waals surface area (Å²) < 4.78 is 2.24. The fourth-order valence-electron chi connectivity index (χ4n) is 3.41. The Labute approximate surface area is 143 Å².